The molecule has 3 rings (SSSR count). The van der Waals surface area contributed by atoms with Crippen molar-refractivity contribution < 1.29 is 18.3 Å². The van der Waals surface area contributed by atoms with Crippen LogP contribution in [-0.4, -0.2) is 72.7 Å². The lowest BCUT2D eigenvalue weighted by atomic mass is 10.2. The highest BCUT2D eigenvalue weighted by atomic mass is 19.1. The van der Waals surface area contributed by atoms with Gasteiger partial charge in [0.25, 0.3) is 0 Å². The van der Waals surface area contributed by atoms with Crippen LogP contribution in [0.1, 0.15) is 19.5 Å². The lowest BCUT2D eigenvalue weighted by Gasteiger charge is -2.35. The predicted octanol–water partition coefficient (Wildman–Crippen LogP) is 2.76. The van der Waals surface area contributed by atoms with Gasteiger partial charge in [-0.15, -0.1) is 0 Å². The van der Waals surface area contributed by atoms with Crippen LogP contribution in [0.2, 0.25) is 0 Å². The molecule has 1 N–H and O–H groups in total. The Morgan fingerprint density at radius 1 is 1.20 bits per heavy atom. The smallest absolute Gasteiger partial charge is 0.409 e. The van der Waals surface area contributed by atoms with Gasteiger partial charge in [0.05, 0.1) is 12.3 Å². The number of aromatic nitrogens is 1. The van der Waals surface area contributed by atoms with Crippen molar-refractivity contribution in [3.63, 3.8) is 0 Å². The third kappa shape index (κ3) is 5.71. The van der Waals surface area contributed by atoms with E-state index in [1.807, 2.05) is 13.8 Å². The zero-order chi connectivity index (χ0) is 21.3. The van der Waals surface area contributed by atoms with Gasteiger partial charge in [0.15, 0.2) is 5.96 Å². The monoisotopic (exact) mass is 417 g/mol. The van der Waals surface area contributed by atoms with Gasteiger partial charge in [-0.3, -0.25) is 4.99 Å². The second kappa shape index (κ2) is 10.6. The van der Waals surface area contributed by atoms with Crippen LogP contribution in [0, 0.1) is 5.82 Å². The van der Waals surface area contributed by atoms with Crippen LogP contribution in [0.5, 0.6) is 0 Å². The van der Waals surface area contributed by atoms with Gasteiger partial charge in [0.1, 0.15) is 12.1 Å². The molecule has 0 spiro atoms. The van der Waals surface area contributed by atoms with Gasteiger partial charge in [0, 0.05) is 51.3 Å². The Morgan fingerprint density at radius 3 is 2.57 bits per heavy atom. The van der Waals surface area contributed by atoms with E-state index in [0.717, 1.165) is 23.8 Å². The molecule has 0 aliphatic carbocycles. The molecule has 1 aliphatic heterocycles. The first-order valence-corrected chi connectivity index (χ1v) is 10.3. The van der Waals surface area contributed by atoms with Gasteiger partial charge in [0.2, 0.25) is 5.89 Å². The molecule has 0 radical (unpaired) electrons. The first-order valence-electron chi connectivity index (χ1n) is 10.3. The molecule has 162 valence electrons. The van der Waals surface area contributed by atoms with Crippen LogP contribution in [0.4, 0.5) is 9.18 Å². The van der Waals surface area contributed by atoms with Crippen LogP contribution in [-0.2, 0) is 11.2 Å². The van der Waals surface area contributed by atoms with Crippen molar-refractivity contribution >= 4 is 12.1 Å². The summed E-state index contributed by atoms with van der Waals surface area (Å²) in [5.41, 5.74) is 1.53. The summed E-state index contributed by atoms with van der Waals surface area (Å²) in [6.45, 7) is 8.13. The second-order valence-corrected chi connectivity index (χ2v) is 6.81. The van der Waals surface area contributed by atoms with Gasteiger partial charge >= 0.3 is 6.09 Å². The molecule has 8 nitrogen and oxygen atoms in total. The number of oxazole rings is 1. The van der Waals surface area contributed by atoms with Crippen molar-refractivity contribution in [1.29, 1.82) is 0 Å². The molecule has 1 aromatic heterocycles. The van der Waals surface area contributed by atoms with E-state index in [4.69, 9.17) is 14.1 Å². The minimum atomic E-state index is -0.293. The predicted molar refractivity (Wildman–Crippen MR) is 112 cm³/mol. The lowest BCUT2D eigenvalue weighted by molar-refractivity contribution is 0.0914. The van der Waals surface area contributed by atoms with Gasteiger partial charge in [-0.2, -0.15) is 0 Å². The summed E-state index contributed by atoms with van der Waals surface area (Å²) in [5.74, 6) is 0.998. The quantitative estimate of drug-likeness (QED) is 0.575. The Kier molecular flexibility index (Phi) is 7.64. The molecule has 9 heteroatoms. The molecule has 2 heterocycles. The van der Waals surface area contributed by atoms with E-state index in [0.29, 0.717) is 51.6 Å². The Morgan fingerprint density at radius 2 is 1.90 bits per heavy atom. The van der Waals surface area contributed by atoms with Crippen molar-refractivity contribution in [3.8, 4) is 11.5 Å². The fourth-order valence-corrected chi connectivity index (χ4v) is 3.16. The van der Waals surface area contributed by atoms with E-state index in [1.165, 1.54) is 12.1 Å². The number of hydrogen-bond donors (Lipinski definition) is 1. The first kappa shape index (κ1) is 21.6. The molecule has 1 aliphatic rings. The van der Waals surface area contributed by atoms with Gasteiger partial charge < -0.3 is 24.3 Å². The highest BCUT2D eigenvalue weighted by molar-refractivity contribution is 5.80. The summed E-state index contributed by atoms with van der Waals surface area (Å²) in [5, 5.41) is 3.31. The van der Waals surface area contributed by atoms with Gasteiger partial charge in [-0.1, -0.05) is 0 Å². The first-order chi connectivity index (χ1) is 14.6. The zero-order valence-corrected chi connectivity index (χ0v) is 17.4. The minimum Gasteiger partial charge on any atom is -0.450 e. The molecule has 0 saturated carbocycles. The van der Waals surface area contributed by atoms with E-state index in [1.54, 1.807) is 23.3 Å². The van der Waals surface area contributed by atoms with Crippen LogP contribution >= 0.6 is 0 Å². The molecule has 1 saturated heterocycles. The van der Waals surface area contributed by atoms with Crippen molar-refractivity contribution in [2.45, 2.75) is 20.3 Å². The van der Waals surface area contributed by atoms with Gasteiger partial charge in [-0.05, 0) is 38.1 Å². The van der Waals surface area contributed by atoms with E-state index in [9.17, 15) is 9.18 Å². The maximum atomic E-state index is 13.1. The van der Waals surface area contributed by atoms with Crippen molar-refractivity contribution in [3.05, 3.63) is 42.0 Å². The molecule has 0 atom stereocenters. The number of amides is 1. The third-order valence-electron chi connectivity index (χ3n) is 4.71. The number of carbonyl (C=O) groups is 1. The summed E-state index contributed by atoms with van der Waals surface area (Å²) in [4.78, 5) is 24.9. The minimum absolute atomic E-state index is 0.262. The van der Waals surface area contributed by atoms with E-state index < -0.39 is 0 Å². The number of halogens is 1. The number of nitrogens with zero attached hydrogens (tertiary/aromatic N) is 4. The summed E-state index contributed by atoms with van der Waals surface area (Å²) in [6, 6.07) is 6.05. The number of benzene rings is 1. The molecular weight excluding hydrogens is 389 g/mol. The summed E-state index contributed by atoms with van der Waals surface area (Å²) >= 11 is 0. The Hall–Kier alpha value is -3.10. The number of rotatable bonds is 6. The highest BCUT2D eigenvalue weighted by Crippen LogP contribution is 2.19. The standard InChI is InChI=1S/C21H28FN5O3/c1-3-23-20(26-11-13-27(14-12-26)21(28)29-4-2)24-10-9-18-15-30-19(25-18)16-5-7-17(22)8-6-16/h5-8,15H,3-4,9-14H2,1-2H3,(H,23,24). The number of piperazine rings is 1. The van der Waals surface area contributed by atoms with E-state index in [-0.39, 0.29) is 11.9 Å². The molecule has 30 heavy (non-hydrogen) atoms. The summed E-state index contributed by atoms with van der Waals surface area (Å²) in [7, 11) is 0. The second-order valence-electron chi connectivity index (χ2n) is 6.81. The number of nitrogens with one attached hydrogen (secondary N) is 1. The van der Waals surface area contributed by atoms with Crippen LogP contribution < -0.4 is 5.32 Å². The fraction of sp³-hybridized carbons (Fsp3) is 0.476. The van der Waals surface area contributed by atoms with Crippen LogP contribution in [0.15, 0.2) is 39.9 Å². The van der Waals surface area contributed by atoms with Crippen molar-refractivity contribution in [1.82, 2.24) is 20.1 Å². The van der Waals surface area contributed by atoms with E-state index in [2.05, 4.69) is 15.2 Å². The highest BCUT2D eigenvalue weighted by Gasteiger charge is 2.23. The summed E-state index contributed by atoms with van der Waals surface area (Å²) < 4.78 is 23.6. The molecule has 1 fully saturated rings. The maximum Gasteiger partial charge on any atom is 0.409 e. The van der Waals surface area contributed by atoms with Crippen LogP contribution in [0.3, 0.4) is 0 Å². The molecule has 1 aromatic carbocycles. The number of aliphatic imine (C=N–C) groups is 1. The largest absolute Gasteiger partial charge is 0.450 e. The topological polar surface area (TPSA) is 83.2 Å². The van der Waals surface area contributed by atoms with E-state index >= 15 is 0 Å². The lowest BCUT2D eigenvalue weighted by Crippen LogP contribution is -2.54. The molecule has 1 amide bonds. The number of carbonyl (C=O) groups excluding carboxylic acids is 1. The normalized spacial score (nSPS) is 14.7. The molecular formula is C21H28FN5O3. The number of hydrogen-bond acceptors (Lipinski definition) is 5. The molecule has 2 aromatic rings. The Labute approximate surface area is 175 Å². The van der Waals surface area contributed by atoms with Crippen molar-refractivity contribution in [2.75, 3.05) is 45.9 Å². The maximum absolute atomic E-state index is 13.1. The van der Waals surface area contributed by atoms with Gasteiger partial charge in [-0.25, -0.2) is 14.2 Å². The van der Waals surface area contributed by atoms with Crippen LogP contribution in [0.25, 0.3) is 11.5 Å². The number of guanidine groups is 1. The fourth-order valence-electron chi connectivity index (χ4n) is 3.16. The molecule has 0 bridgehead atoms. The summed E-state index contributed by atoms with van der Waals surface area (Å²) in [6.07, 6.45) is 1.98. The average Bonchev–Trinajstić information content (AvgIpc) is 3.23. The zero-order valence-electron chi connectivity index (χ0n) is 17.4. The van der Waals surface area contributed by atoms with Crippen molar-refractivity contribution in [2.24, 2.45) is 4.99 Å². The Balaban J connectivity index is 1.54. The SMILES string of the molecule is CCNC(=NCCc1coc(-c2ccc(F)cc2)n1)N1CCN(C(=O)OCC)CC1. The third-order valence-corrected chi connectivity index (χ3v) is 4.71. The number of ether oxygens (including phenoxy) is 1. The molecule has 0 unspecified atom stereocenters. The average molecular weight is 417 g/mol. The Bertz CT molecular complexity index is 845.